The monoisotopic (exact) mass is 362 g/mol. The minimum atomic E-state index is -0.135. The molecule has 3 aromatic rings. The van der Waals surface area contributed by atoms with Crippen LogP contribution < -0.4 is 5.01 Å². The van der Waals surface area contributed by atoms with E-state index < -0.39 is 0 Å². The van der Waals surface area contributed by atoms with E-state index in [2.05, 4.69) is 10.1 Å². The smallest absolute Gasteiger partial charge is 0.284 e. The minimum absolute atomic E-state index is 0.135. The van der Waals surface area contributed by atoms with Crippen molar-refractivity contribution in [2.45, 2.75) is 6.42 Å². The van der Waals surface area contributed by atoms with Gasteiger partial charge in [0.25, 0.3) is 5.91 Å². The molecule has 4 rings (SSSR count). The van der Waals surface area contributed by atoms with Gasteiger partial charge in [-0.1, -0.05) is 53.8 Å². The highest BCUT2D eigenvalue weighted by Gasteiger charge is 2.33. The second-order valence-corrected chi connectivity index (χ2v) is 7.31. The standard InChI is InChI=1S/C20H18N4OS/c1-23(2)13-15-17(12-14-8-4-3-5-9-14)22-24(19(15)25)20-21-16-10-6-7-11-18(16)26-20/h3-11,13H,12H2,1-2H3/b15-13+. The Labute approximate surface area is 155 Å². The van der Waals surface area contributed by atoms with Gasteiger partial charge >= 0.3 is 0 Å². The summed E-state index contributed by atoms with van der Waals surface area (Å²) in [6, 6.07) is 17.9. The molecule has 0 radical (unpaired) electrons. The van der Waals surface area contributed by atoms with Crippen LogP contribution >= 0.6 is 11.3 Å². The molecule has 0 N–H and O–H groups in total. The van der Waals surface area contributed by atoms with Crippen molar-refractivity contribution in [1.82, 2.24) is 9.88 Å². The van der Waals surface area contributed by atoms with Gasteiger partial charge in [-0.15, -0.1) is 0 Å². The van der Waals surface area contributed by atoms with Gasteiger partial charge in [-0.2, -0.15) is 10.1 Å². The van der Waals surface area contributed by atoms with Crippen molar-refractivity contribution in [3.8, 4) is 0 Å². The summed E-state index contributed by atoms with van der Waals surface area (Å²) in [5, 5.41) is 6.65. The predicted molar refractivity (Wildman–Crippen MR) is 106 cm³/mol. The number of amides is 1. The van der Waals surface area contributed by atoms with E-state index in [0.717, 1.165) is 21.5 Å². The molecule has 0 aliphatic carbocycles. The van der Waals surface area contributed by atoms with Gasteiger partial charge in [0.15, 0.2) is 0 Å². The van der Waals surface area contributed by atoms with Crippen molar-refractivity contribution >= 4 is 38.3 Å². The summed E-state index contributed by atoms with van der Waals surface area (Å²) in [5.74, 6) is -0.135. The molecular weight excluding hydrogens is 344 g/mol. The Morgan fingerprint density at radius 2 is 1.81 bits per heavy atom. The van der Waals surface area contributed by atoms with E-state index in [0.29, 0.717) is 17.1 Å². The molecule has 1 aliphatic rings. The molecular formula is C20H18N4OS. The van der Waals surface area contributed by atoms with E-state index in [1.54, 1.807) is 0 Å². The van der Waals surface area contributed by atoms with Crippen LogP contribution in [-0.4, -0.2) is 35.6 Å². The molecule has 1 aromatic heterocycles. The number of rotatable bonds is 4. The second kappa shape index (κ2) is 6.72. The average Bonchev–Trinajstić information content (AvgIpc) is 3.18. The lowest BCUT2D eigenvalue weighted by molar-refractivity contribution is -0.114. The average molecular weight is 362 g/mol. The molecule has 0 atom stereocenters. The van der Waals surface area contributed by atoms with Crippen LogP contribution in [0.2, 0.25) is 0 Å². The minimum Gasteiger partial charge on any atom is -0.383 e. The van der Waals surface area contributed by atoms with Gasteiger partial charge in [0.05, 0.1) is 21.5 Å². The van der Waals surface area contributed by atoms with Crippen LogP contribution in [0.25, 0.3) is 10.2 Å². The van der Waals surface area contributed by atoms with Gasteiger partial charge < -0.3 is 4.90 Å². The van der Waals surface area contributed by atoms with Gasteiger partial charge in [0.2, 0.25) is 5.13 Å². The number of hydrazone groups is 1. The number of carbonyl (C=O) groups is 1. The van der Waals surface area contributed by atoms with E-state index >= 15 is 0 Å². The molecule has 1 amide bonds. The number of fused-ring (bicyclic) bond motifs is 1. The first-order chi connectivity index (χ1) is 12.6. The summed E-state index contributed by atoms with van der Waals surface area (Å²) in [6.45, 7) is 0. The number of aromatic nitrogens is 1. The first kappa shape index (κ1) is 16.5. The Kier molecular flexibility index (Phi) is 4.26. The lowest BCUT2D eigenvalue weighted by Crippen LogP contribution is -2.22. The maximum Gasteiger partial charge on any atom is 0.284 e. The predicted octanol–water partition coefficient (Wildman–Crippen LogP) is 3.69. The summed E-state index contributed by atoms with van der Waals surface area (Å²) in [4.78, 5) is 19.4. The van der Waals surface area contributed by atoms with E-state index in [1.165, 1.54) is 16.3 Å². The number of thiazole rings is 1. The first-order valence-electron chi connectivity index (χ1n) is 8.32. The fourth-order valence-corrected chi connectivity index (χ4v) is 3.76. The molecule has 0 unspecified atom stereocenters. The van der Waals surface area contributed by atoms with Gasteiger partial charge in [-0.25, -0.2) is 4.98 Å². The third-order valence-electron chi connectivity index (χ3n) is 4.02. The van der Waals surface area contributed by atoms with Crippen LogP contribution in [0.15, 0.2) is 71.5 Å². The van der Waals surface area contributed by atoms with Crippen molar-refractivity contribution in [1.29, 1.82) is 0 Å². The Morgan fingerprint density at radius 3 is 2.54 bits per heavy atom. The van der Waals surface area contributed by atoms with Crippen LogP contribution in [0.3, 0.4) is 0 Å². The number of carbonyl (C=O) groups excluding carboxylic acids is 1. The van der Waals surface area contributed by atoms with Gasteiger partial charge in [-0.05, 0) is 17.7 Å². The molecule has 1 aliphatic heterocycles. The zero-order valence-corrected chi connectivity index (χ0v) is 15.4. The van der Waals surface area contributed by atoms with Gasteiger partial charge in [-0.3, -0.25) is 4.79 Å². The Morgan fingerprint density at radius 1 is 1.08 bits per heavy atom. The van der Waals surface area contributed by atoms with Crippen LogP contribution in [0.5, 0.6) is 0 Å². The second-order valence-electron chi connectivity index (χ2n) is 6.30. The van der Waals surface area contributed by atoms with E-state index in [9.17, 15) is 4.79 Å². The number of anilines is 1. The SMILES string of the molecule is CN(C)/C=C1/C(=O)N(c2nc3ccccc3s2)N=C1Cc1ccccc1. The zero-order chi connectivity index (χ0) is 18.1. The van der Waals surface area contributed by atoms with E-state index in [4.69, 9.17) is 0 Å². The molecule has 0 bridgehead atoms. The number of benzene rings is 2. The number of nitrogens with zero attached hydrogens (tertiary/aromatic N) is 4. The largest absolute Gasteiger partial charge is 0.383 e. The van der Waals surface area contributed by atoms with E-state index in [1.807, 2.05) is 79.8 Å². The van der Waals surface area contributed by atoms with Crippen molar-refractivity contribution in [3.63, 3.8) is 0 Å². The van der Waals surface area contributed by atoms with Crippen LogP contribution in [0, 0.1) is 0 Å². The number of hydrogen-bond acceptors (Lipinski definition) is 5. The van der Waals surface area contributed by atoms with Crippen molar-refractivity contribution < 1.29 is 4.79 Å². The quantitative estimate of drug-likeness (QED) is 0.665. The highest BCUT2D eigenvalue weighted by molar-refractivity contribution is 7.22. The van der Waals surface area contributed by atoms with Gasteiger partial charge in [0.1, 0.15) is 0 Å². The van der Waals surface area contributed by atoms with Gasteiger partial charge in [0, 0.05) is 26.7 Å². The summed E-state index contributed by atoms with van der Waals surface area (Å²) in [7, 11) is 3.81. The van der Waals surface area contributed by atoms with Crippen LogP contribution in [-0.2, 0) is 11.2 Å². The highest BCUT2D eigenvalue weighted by atomic mass is 32.1. The maximum atomic E-state index is 13.0. The van der Waals surface area contributed by atoms with Crippen molar-refractivity contribution in [2.24, 2.45) is 5.10 Å². The maximum absolute atomic E-state index is 13.0. The summed E-state index contributed by atoms with van der Waals surface area (Å²) >= 11 is 1.47. The fraction of sp³-hybridized carbons (Fsp3) is 0.150. The molecule has 0 saturated heterocycles. The lowest BCUT2D eigenvalue weighted by atomic mass is 10.0. The normalized spacial score (nSPS) is 15.8. The molecule has 26 heavy (non-hydrogen) atoms. The third kappa shape index (κ3) is 3.11. The summed E-state index contributed by atoms with van der Waals surface area (Å²) in [6.07, 6.45) is 2.44. The fourth-order valence-electron chi connectivity index (χ4n) is 2.85. The van der Waals surface area contributed by atoms with Crippen LogP contribution in [0.4, 0.5) is 5.13 Å². The van der Waals surface area contributed by atoms with E-state index in [-0.39, 0.29) is 5.91 Å². The van der Waals surface area contributed by atoms with Crippen molar-refractivity contribution in [2.75, 3.05) is 19.1 Å². The third-order valence-corrected chi connectivity index (χ3v) is 5.03. The molecule has 130 valence electrons. The number of hydrogen-bond donors (Lipinski definition) is 0. The Hall–Kier alpha value is -2.99. The molecule has 2 aromatic carbocycles. The molecule has 0 saturated carbocycles. The topological polar surface area (TPSA) is 48.8 Å². The Bertz CT molecular complexity index is 987. The summed E-state index contributed by atoms with van der Waals surface area (Å²) in [5.41, 5.74) is 3.37. The van der Waals surface area contributed by atoms with Crippen molar-refractivity contribution in [3.05, 3.63) is 71.9 Å². The molecule has 2 heterocycles. The first-order valence-corrected chi connectivity index (χ1v) is 9.13. The summed E-state index contributed by atoms with van der Waals surface area (Å²) < 4.78 is 1.04. The Balaban J connectivity index is 1.74. The number of para-hydroxylation sites is 1. The molecule has 0 spiro atoms. The molecule has 0 fully saturated rings. The highest BCUT2D eigenvalue weighted by Crippen LogP contribution is 2.32. The molecule has 5 nitrogen and oxygen atoms in total. The van der Waals surface area contributed by atoms with Crippen LogP contribution in [0.1, 0.15) is 5.56 Å². The zero-order valence-electron chi connectivity index (χ0n) is 14.6. The lowest BCUT2D eigenvalue weighted by Gasteiger charge is -2.09. The molecule has 6 heteroatoms.